The van der Waals surface area contributed by atoms with Gasteiger partial charge >= 0.3 is 0 Å². The molecule has 19 heavy (non-hydrogen) atoms. The van der Waals surface area contributed by atoms with Gasteiger partial charge in [-0.1, -0.05) is 47.8 Å². The van der Waals surface area contributed by atoms with Gasteiger partial charge in [0, 0.05) is 11.0 Å². The van der Waals surface area contributed by atoms with E-state index < -0.39 is 0 Å². The Morgan fingerprint density at radius 2 is 1.95 bits per heavy atom. The average Bonchev–Trinajstić information content (AvgIpc) is 2.42. The van der Waals surface area contributed by atoms with E-state index >= 15 is 0 Å². The summed E-state index contributed by atoms with van der Waals surface area (Å²) in [5, 5.41) is 3.25. The largest absolute Gasteiger partial charge is 0.369 e. The third-order valence-electron chi connectivity index (χ3n) is 4.00. The fourth-order valence-electron chi connectivity index (χ4n) is 2.80. The maximum Gasteiger partial charge on any atom is 0.0952 e. The molecule has 0 spiro atoms. The Bertz CT molecular complexity index is 379. The lowest BCUT2D eigenvalue weighted by atomic mass is 9.87. The third-order valence-corrected chi connectivity index (χ3v) is 4.53. The summed E-state index contributed by atoms with van der Waals surface area (Å²) in [5.74, 6) is 0.684. The molecule has 1 aliphatic rings. The summed E-state index contributed by atoms with van der Waals surface area (Å²) >= 11 is 3.49. The molecule has 3 heteroatoms. The molecule has 0 bridgehead atoms. The van der Waals surface area contributed by atoms with Crippen LogP contribution in [0.1, 0.15) is 44.3 Å². The van der Waals surface area contributed by atoms with Crippen LogP contribution >= 0.6 is 15.9 Å². The van der Waals surface area contributed by atoms with Crippen LogP contribution in [0.3, 0.4) is 0 Å². The van der Waals surface area contributed by atoms with Crippen LogP contribution in [0.4, 0.5) is 0 Å². The summed E-state index contributed by atoms with van der Waals surface area (Å²) in [6.07, 6.45) is 5.74. The maximum atomic E-state index is 6.39. The van der Waals surface area contributed by atoms with Gasteiger partial charge in [-0.05, 0) is 43.5 Å². The summed E-state index contributed by atoms with van der Waals surface area (Å²) in [5.41, 5.74) is 1.26. The summed E-state index contributed by atoms with van der Waals surface area (Å²) in [6, 6.07) is 8.48. The number of hydrogen-bond donors (Lipinski definition) is 1. The molecule has 1 aromatic carbocycles. The molecule has 1 saturated carbocycles. The first-order valence-corrected chi connectivity index (χ1v) is 8.05. The van der Waals surface area contributed by atoms with E-state index in [0.29, 0.717) is 12.0 Å². The van der Waals surface area contributed by atoms with Crippen LogP contribution in [-0.4, -0.2) is 19.7 Å². The minimum absolute atomic E-state index is 0.156. The number of likely N-dealkylation sites (N-methyl/N-ethyl adjacent to an activating group) is 1. The number of hydrogen-bond acceptors (Lipinski definition) is 2. The van der Waals surface area contributed by atoms with Crippen LogP contribution < -0.4 is 5.32 Å². The van der Waals surface area contributed by atoms with Gasteiger partial charge in [0.15, 0.2) is 0 Å². The number of benzene rings is 1. The molecule has 0 heterocycles. The molecule has 2 rings (SSSR count). The zero-order chi connectivity index (χ0) is 13.7. The van der Waals surface area contributed by atoms with Gasteiger partial charge in [-0.25, -0.2) is 0 Å². The Labute approximate surface area is 125 Å². The average molecular weight is 326 g/mol. The summed E-state index contributed by atoms with van der Waals surface area (Å²) < 4.78 is 7.51. The Morgan fingerprint density at radius 3 is 2.58 bits per heavy atom. The normalized spacial score (nSPS) is 25.2. The van der Waals surface area contributed by atoms with Crippen molar-refractivity contribution in [2.75, 3.05) is 13.6 Å². The topological polar surface area (TPSA) is 21.3 Å². The number of rotatable bonds is 5. The minimum Gasteiger partial charge on any atom is -0.369 e. The predicted molar refractivity (Wildman–Crippen MR) is 83.3 cm³/mol. The van der Waals surface area contributed by atoms with Gasteiger partial charge < -0.3 is 10.1 Å². The molecule has 3 atom stereocenters. The first-order valence-electron chi connectivity index (χ1n) is 7.26. The highest BCUT2D eigenvalue weighted by molar-refractivity contribution is 9.10. The van der Waals surface area contributed by atoms with E-state index in [1.807, 2.05) is 7.05 Å². The first-order chi connectivity index (χ1) is 9.20. The van der Waals surface area contributed by atoms with E-state index in [-0.39, 0.29) is 6.10 Å². The fourth-order valence-corrected chi connectivity index (χ4v) is 3.07. The van der Waals surface area contributed by atoms with Crippen LogP contribution in [0, 0.1) is 5.92 Å². The van der Waals surface area contributed by atoms with E-state index in [1.165, 1.54) is 31.2 Å². The van der Waals surface area contributed by atoms with Gasteiger partial charge in [0.25, 0.3) is 0 Å². The highest BCUT2D eigenvalue weighted by Gasteiger charge is 2.25. The number of ether oxygens (including phenoxy) is 1. The minimum atomic E-state index is 0.156. The molecular formula is C16H24BrNO. The predicted octanol–water partition coefficient (Wildman–Crippen LogP) is 4.30. The van der Waals surface area contributed by atoms with Crippen LogP contribution in [0.5, 0.6) is 0 Å². The Balaban J connectivity index is 2.04. The van der Waals surface area contributed by atoms with E-state index in [9.17, 15) is 0 Å². The Kier molecular flexibility index (Phi) is 5.86. The van der Waals surface area contributed by atoms with Crippen LogP contribution in [0.2, 0.25) is 0 Å². The molecule has 0 amide bonds. The molecule has 2 nitrogen and oxygen atoms in total. The smallest absolute Gasteiger partial charge is 0.0952 e. The van der Waals surface area contributed by atoms with Crippen molar-refractivity contribution in [1.82, 2.24) is 5.32 Å². The molecule has 106 valence electrons. The lowest BCUT2D eigenvalue weighted by molar-refractivity contribution is -0.0558. The standard InChI is InChI=1S/C16H24BrNO/c1-12-5-3-4-6-15(12)19-16(11-18-2)13-7-9-14(17)10-8-13/h7-10,12,15-16,18H,3-6,11H2,1-2H3. The van der Waals surface area contributed by atoms with Gasteiger partial charge in [0.05, 0.1) is 12.2 Å². The maximum absolute atomic E-state index is 6.39. The number of halogens is 1. The molecule has 0 saturated heterocycles. The first kappa shape index (κ1) is 15.0. The van der Waals surface area contributed by atoms with Crippen LogP contribution in [0.15, 0.2) is 28.7 Å². The van der Waals surface area contributed by atoms with Crippen LogP contribution in [-0.2, 0) is 4.74 Å². The zero-order valence-corrected chi connectivity index (χ0v) is 13.4. The molecular weight excluding hydrogens is 302 g/mol. The summed E-state index contributed by atoms with van der Waals surface area (Å²) in [6.45, 7) is 3.19. The second kappa shape index (κ2) is 7.41. The van der Waals surface area contributed by atoms with Crippen molar-refractivity contribution >= 4 is 15.9 Å². The van der Waals surface area contributed by atoms with E-state index in [2.05, 4.69) is 52.4 Å². The second-order valence-electron chi connectivity index (χ2n) is 5.53. The quantitative estimate of drug-likeness (QED) is 0.871. The lowest BCUT2D eigenvalue weighted by Gasteiger charge is -2.32. The molecule has 1 aromatic rings. The van der Waals surface area contributed by atoms with Gasteiger partial charge in [0.1, 0.15) is 0 Å². The van der Waals surface area contributed by atoms with E-state index in [0.717, 1.165) is 11.0 Å². The zero-order valence-electron chi connectivity index (χ0n) is 11.9. The Morgan fingerprint density at radius 1 is 1.26 bits per heavy atom. The molecule has 1 N–H and O–H groups in total. The van der Waals surface area contributed by atoms with Crippen molar-refractivity contribution in [3.05, 3.63) is 34.3 Å². The van der Waals surface area contributed by atoms with Crippen LogP contribution in [0.25, 0.3) is 0 Å². The molecule has 0 aromatic heterocycles. The summed E-state index contributed by atoms with van der Waals surface area (Å²) in [4.78, 5) is 0. The highest BCUT2D eigenvalue weighted by Crippen LogP contribution is 2.31. The lowest BCUT2D eigenvalue weighted by Crippen LogP contribution is -2.30. The summed E-state index contributed by atoms with van der Waals surface area (Å²) in [7, 11) is 1.99. The van der Waals surface area contributed by atoms with E-state index in [1.54, 1.807) is 0 Å². The van der Waals surface area contributed by atoms with Gasteiger partial charge in [-0.2, -0.15) is 0 Å². The van der Waals surface area contributed by atoms with E-state index in [4.69, 9.17) is 4.74 Å². The molecule has 1 aliphatic carbocycles. The van der Waals surface area contributed by atoms with Crippen molar-refractivity contribution in [2.24, 2.45) is 5.92 Å². The monoisotopic (exact) mass is 325 g/mol. The Hall–Kier alpha value is -0.380. The molecule has 0 aliphatic heterocycles. The van der Waals surface area contributed by atoms with Gasteiger partial charge in [0.2, 0.25) is 0 Å². The SMILES string of the molecule is CNCC(OC1CCCCC1C)c1ccc(Br)cc1. The second-order valence-corrected chi connectivity index (χ2v) is 6.45. The molecule has 3 unspecified atom stereocenters. The molecule has 0 radical (unpaired) electrons. The van der Waals surface area contributed by atoms with Crippen molar-refractivity contribution in [3.63, 3.8) is 0 Å². The highest BCUT2D eigenvalue weighted by atomic mass is 79.9. The van der Waals surface area contributed by atoms with Crippen molar-refractivity contribution < 1.29 is 4.74 Å². The third kappa shape index (κ3) is 4.30. The van der Waals surface area contributed by atoms with Crippen molar-refractivity contribution in [1.29, 1.82) is 0 Å². The van der Waals surface area contributed by atoms with Gasteiger partial charge in [-0.3, -0.25) is 0 Å². The van der Waals surface area contributed by atoms with Crippen molar-refractivity contribution in [3.8, 4) is 0 Å². The molecule has 1 fully saturated rings. The number of nitrogens with one attached hydrogen (secondary N) is 1. The van der Waals surface area contributed by atoms with Crippen molar-refractivity contribution in [2.45, 2.75) is 44.8 Å². The fraction of sp³-hybridized carbons (Fsp3) is 0.625. The van der Waals surface area contributed by atoms with Gasteiger partial charge in [-0.15, -0.1) is 0 Å².